The molecule has 0 bridgehead atoms. The molecule has 29 heavy (non-hydrogen) atoms. The molecule has 0 radical (unpaired) electrons. The van der Waals surface area contributed by atoms with Gasteiger partial charge in [-0.05, 0) is 42.7 Å². The van der Waals surface area contributed by atoms with Crippen LogP contribution in [0.3, 0.4) is 0 Å². The van der Waals surface area contributed by atoms with Crippen LogP contribution in [-0.2, 0) is 21.4 Å². The third-order valence-corrected chi connectivity index (χ3v) is 8.01. The van der Waals surface area contributed by atoms with Gasteiger partial charge in [-0.1, -0.05) is 30.3 Å². The first-order valence-corrected chi connectivity index (χ1v) is 11.9. The Labute approximate surface area is 174 Å². The molecule has 1 aliphatic rings. The van der Waals surface area contributed by atoms with E-state index in [9.17, 15) is 13.2 Å². The summed E-state index contributed by atoms with van der Waals surface area (Å²) in [7, 11) is -3.56. The van der Waals surface area contributed by atoms with E-state index in [0.717, 1.165) is 21.5 Å². The first kappa shape index (κ1) is 20.0. The van der Waals surface area contributed by atoms with Gasteiger partial charge in [0.15, 0.2) is 0 Å². The van der Waals surface area contributed by atoms with Crippen LogP contribution in [0.4, 0.5) is 0 Å². The summed E-state index contributed by atoms with van der Waals surface area (Å²) < 4.78 is 27.6. The Morgan fingerprint density at radius 3 is 2.59 bits per heavy atom. The number of aromatic nitrogens is 1. The van der Waals surface area contributed by atoms with Crippen LogP contribution < -0.4 is 5.32 Å². The summed E-state index contributed by atoms with van der Waals surface area (Å²) in [5.41, 5.74) is 0.858. The van der Waals surface area contributed by atoms with Gasteiger partial charge in [0.1, 0.15) is 0 Å². The molecule has 1 fully saturated rings. The van der Waals surface area contributed by atoms with E-state index in [1.807, 2.05) is 42.6 Å². The zero-order valence-electron chi connectivity index (χ0n) is 16.2. The van der Waals surface area contributed by atoms with Crippen LogP contribution >= 0.6 is 11.3 Å². The zero-order valence-corrected chi connectivity index (χ0v) is 17.8. The van der Waals surface area contributed by atoms with Gasteiger partial charge in [-0.3, -0.25) is 4.79 Å². The van der Waals surface area contributed by atoms with Crippen molar-refractivity contribution in [2.75, 3.05) is 13.1 Å². The highest BCUT2D eigenvalue weighted by Gasteiger charge is 2.32. The predicted octanol–water partition coefficient (Wildman–Crippen LogP) is 3.32. The quantitative estimate of drug-likeness (QED) is 0.675. The summed E-state index contributed by atoms with van der Waals surface area (Å²) in [6.45, 7) is 3.05. The summed E-state index contributed by atoms with van der Waals surface area (Å²) in [5.74, 6) is -0.198. The standard InChI is InChI=1S/C21H23N3O3S2/c1-15-23-19(14-28-15)13-22-21(25)17-8-10-24(11-9-17)29(26,27)20-7-6-16-4-2-3-5-18(16)12-20/h2-7,12,14,17H,8-11,13H2,1H3,(H,22,25). The number of benzene rings is 2. The van der Waals surface area contributed by atoms with Crippen LogP contribution in [0.15, 0.2) is 52.7 Å². The van der Waals surface area contributed by atoms with Crippen molar-refractivity contribution in [3.05, 3.63) is 58.5 Å². The van der Waals surface area contributed by atoms with Crippen LogP contribution in [0.5, 0.6) is 0 Å². The van der Waals surface area contributed by atoms with Gasteiger partial charge < -0.3 is 5.32 Å². The molecule has 0 saturated carbocycles. The van der Waals surface area contributed by atoms with Crippen molar-refractivity contribution in [1.82, 2.24) is 14.6 Å². The van der Waals surface area contributed by atoms with Gasteiger partial charge in [-0.25, -0.2) is 13.4 Å². The van der Waals surface area contributed by atoms with E-state index < -0.39 is 10.0 Å². The van der Waals surface area contributed by atoms with Gasteiger partial charge in [-0.15, -0.1) is 11.3 Å². The number of thiazole rings is 1. The van der Waals surface area contributed by atoms with Crippen molar-refractivity contribution in [3.8, 4) is 0 Å². The molecule has 152 valence electrons. The number of nitrogens with zero attached hydrogens (tertiary/aromatic N) is 2. The summed E-state index contributed by atoms with van der Waals surface area (Å²) in [6.07, 6.45) is 1.05. The summed E-state index contributed by atoms with van der Waals surface area (Å²) >= 11 is 1.56. The molecule has 0 spiro atoms. The molecule has 2 heterocycles. The molecule has 8 heteroatoms. The Morgan fingerprint density at radius 1 is 1.17 bits per heavy atom. The minimum atomic E-state index is -3.56. The Kier molecular flexibility index (Phi) is 5.67. The fourth-order valence-electron chi connectivity index (χ4n) is 3.65. The first-order chi connectivity index (χ1) is 13.9. The lowest BCUT2D eigenvalue weighted by Gasteiger charge is -2.30. The maximum Gasteiger partial charge on any atom is 0.243 e. The second-order valence-corrected chi connectivity index (χ2v) is 10.3. The lowest BCUT2D eigenvalue weighted by Crippen LogP contribution is -2.42. The lowest BCUT2D eigenvalue weighted by atomic mass is 9.97. The van der Waals surface area contributed by atoms with Crippen molar-refractivity contribution in [3.63, 3.8) is 0 Å². The van der Waals surface area contributed by atoms with Gasteiger partial charge in [0.05, 0.1) is 22.1 Å². The summed E-state index contributed by atoms with van der Waals surface area (Å²) in [4.78, 5) is 17.1. The van der Waals surface area contributed by atoms with Crippen LogP contribution in [0.2, 0.25) is 0 Å². The number of rotatable bonds is 5. The van der Waals surface area contributed by atoms with Gasteiger partial charge in [0, 0.05) is 24.4 Å². The molecule has 1 N–H and O–H groups in total. The number of carbonyl (C=O) groups excluding carboxylic acids is 1. The van der Waals surface area contributed by atoms with Crippen LogP contribution in [0.25, 0.3) is 10.8 Å². The average Bonchev–Trinajstić information content (AvgIpc) is 3.17. The number of carbonyl (C=O) groups is 1. The topological polar surface area (TPSA) is 79.4 Å². The largest absolute Gasteiger partial charge is 0.350 e. The fourth-order valence-corrected chi connectivity index (χ4v) is 5.76. The molecule has 0 atom stereocenters. The number of amides is 1. The molecule has 1 saturated heterocycles. The maximum atomic E-state index is 13.0. The molecule has 2 aromatic carbocycles. The third kappa shape index (κ3) is 4.34. The van der Waals surface area contributed by atoms with Gasteiger partial charge in [0.25, 0.3) is 0 Å². The minimum Gasteiger partial charge on any atom is -0.350 e. The number of hydrogen-bond acceptors (Lipinski definition) is 5. The van der Waals surface area contributed by atoms with Crippen LogP contribution in [0, 0.1) is 12.8 Å². The monoisotopic (exact) mass is 429 g/mol. The van der Waals surface area contributed by atoms with Crippen molar-refractivity contribution in [2.24, 2.45) is 5.92 Å². The number of hydrogen-bond donors (Lipinski definition) is 1. The summed E-state index contributed by atoms with van der Waals surface area (Å²) in [5, 5.41) is 7.75. The zero-order chi connectivity index (χ0) is 20.4. The molecule has 3 aromatic rings. The highest BCUT2D eigenvalue weighted by molar-refractivity contribution is 7.89. The SMILES string of the molecule is Cc1nc(CNC(=O)C2CCN(S(=O)(=O)c3ccc4ccccc4c3)CC2)cs1. The molecule has 1 aromatic heterocycles. The van der Waals surface area contributed by atoms with E-state index in [4.69, 9.17) is 0 Å². The molecule has 1 aliphatic heterocycles. The number of nitrogens with one attached hydrogen (secondary N) is 1. The van der Waals surface area contributed by atoms with Crippen molar-refractivity contribution in [2.45, 2.75) is 31.2 Å². The number of aryl methyl sites for hydroxylation is 1. The Hall–Kier alpha value is -2.29. The minimum absolute atomic E-state index is 0.0293. The van der Waals surface area contributed by atoms with E-state index in [0.29, 0.717) is 37.4 Å². The van der Waals surface area contributed by atoms with E-state index in [1.165, 1.54) is 4.31 Å². The Balaban J connectivity index is 1.38. The first-order valence-electron chi connectivity index (χ1n) is 9.61. The van der Waals surface area contributed by atoms with E-state index in [1.54, 1.807) is 23.5 Å². The highest BCUT2D eigenvalue weighted by Crippen LogP contribution is 2.26. The molecule has 6 nitrogen and oxygen atoms in total. The van der Waals surface area contributed by atoms with E-state index in [-0.39, 0.29) is 11.8 Å². The molecule has 4 rings (SSSR count). The van der Waals surface area contributed by atoms with E-state index >= 15 is 0 Å². The summed E-state index contributed by atoms with van der Waals surface area (Å²) in [6, 6.07) is 12.9. The Morgan fingerprint density at radius 2 is 1.90 bits per heavy atom. The third-order valence-electron chi connectivity index (χ3n) is 5.29. The van der Waals surface area contributed by atoms with Crippen molar-refractivity contribution < 1.29 is 13.2 Å². The van der Waals surface area contributed by atoms with Crippen molar-refractivity contribution in [1.29, 1.82) is 0 Å². The average molecular weight is 430 g/mol. The lowest BCUT2D eigenvalue weighted by molar-refractivity contribution is -0.126. The molecular weight excluding hydrogens is 406 g/mol. The molecule has 1 amide bonds. The molecular formula is C21H23N3O3S2. The predicted molar refractivity (Wildman–Crippen MR) is 114 cm³/mol. The van der Waals surface area contributed by atoms with E-state index in [2.05, 4.69) is 10.3 Å². The number of piperidine rings is 1. The van der Waals surface area contributed by atoms with Crippen LogP contribution in [-0.4, -0.2) is 36.7 Å². The van der Waals surface area contributed by atoms with Crippen LogP contribution in [0.1, 0.15) is 23.5 Å². The second-order valence-electron chi connectivity index (χ2n) is 7.26. The second kappa shape index (κ2) is 8.22. The number of sulfonamides is 1. The molecule has 0 aliphatic carbocycles. The normalized spacial score (nSPS) is 16.2. The number of fused-ring (bicyclic) bond motifs is 1. The highest BCUT2D eigenvalue weighted by atomic mass is 32.2. The Bertz CT molecular complexity index is 1130. The van der Waals surface area contributed by atoms with Gasteiger partial charge >= 0.3 is 0 Å². The van der Waals surface area contributed by atoms with Crippen molar-refractivity contribution >= 4 is 38.0 Å². The fraction of sp³-hybridized carbons (Fsp3) is 0.333. The maximum absolute atomic E-state index is 13.0. The van der Waals surface area contributed by atoms with Gasteiger partial charge in [0.2, 0.25) is 15.9 Å². The smallest absolute Gasteiger partial charge is 0.243 e. The molecule has 0 unspecified atom stereocenters. The van der Waals surface area contributed by atoms with Gasteiger partial charge in [-0.2, -0.15) is 4.31 Å².